The predicted octanol–water partition coefficient (Wildman–Crippen LogP) is 3.81. The maximum Gasteiger partial charge on any atom is 0.320 e. The van der Waals surface area contributed by atoms with Gasteiger partial charge in [-0.2, -0.15) is 0 Å². The molecule has 2 rings (SSSR count). The number of hydrogen-bond acceptors (Lipinski definition) is 4. The first-order valence-electron chi connectivity index (χ1n) is 5.08. The van der Waals surface area contributed by atoms with E-state index in [0.29, 0.717) is 0 Å². The SMILES string of the molecule is CC(Cl)c1nnc(Nc2c(F)c(F)c(F)c(F)c2F)o1. The molecule has 20 heavy (non-hydrogen) atoms. The van der Waals surface area contributed by atoms with Gasteiger partial charge in [0.25, 0.3) is 0 Å². The van der Waals surface area contributed by atoms with Crippen molar-refractivity contribution in [2.75, 3.05) is 5.32 Å². The molecule has 4 nitrogen and oxygen atoms in total. The fourth-order valence-electron chi connectivity index (χ4n) is 1.27. The van der Waals surface area contributed by atoms with E-state index in [-0.39, 0.29) is 5.89 Å². The van der Waals surface area contributed by atoms with E-state index in [2.05, 4.69) is 10.2 Å². The highest BCUT2D eigenvalue weighted by Crippen LogP contribution is 2.30. The van der Waals surface area contributed by atoms with Crippen LogP contribution in [0.2, 0.25) is 0 Å². The molecule has 10 heteroatoms. The molecule has 0 aliphatic carbocycles. The van der Waals surface area contributed by atoms with Crippen molar-refractivity contribution in [1.82, 2.24) is 10.2 Å². The fourth-order valence-corrected chi connectivity index (χ4v) is 1.36. The van der Waals surface area contributed by atoms with E-state index in [1.807, 2.05) is 5.32 Å². The number of aromatic nitrogens is 2. The van der Waals surface area contributed by atoms with E-state index in [4.69, 9.17) is 16.0 Å². The van der Waals surface area contributed by atoms with Crippen molar-refractivity contribution < 1.29 is 26.4 Å². The third-order valence-corrected chi connectivity index (χ3v) is 2.41. The maximum absolute atomic E-state index is 13.4. The number of benzene rings is 1. The summed E-state index contributed by atoms with van der Waals surface area (Å²) in [5, 5.41) is 7.87. The highest BCUT2D eigenvalue weighted by Gasteiger charge is 2.27. The molecule has 1 aromatic carbocycles. The quantitative estimate of drug-likeness (QED) is 0.405. The standard InChI is InChI=1S/C10H5ClF5N3O/c1-2(11)9-18-19-10(20-9)17-8-6(15)4(13)3(12)5(14)7(8)16/h2H,1H3,(H,17,19). The van der Waals surface area contributed by atoms with Gasteiger partial charge in [-0.25, -0.2) is 22.0 Å². The van der Waals surface area contributed by atoms with Crippen LogP contribution >= 0.6 is 11.6 Å². The molecule has 0 aliphatic rings. The number of anilines is 2. The molecule has 108 valence electrons. The zero-order chi connectivity index (χ0) is 15.0. The summed E-state index contributed by atoms with van der Waals surface area (Å²) in [5.74, 6) is -10.6. The number of nitrogens with one attached hydrogen (secondary N) is 1. The van der Waals surface area contributed by atoms with E-state index >= 15 is 0 Å². The highest BCUT2D eigenvalue weighted by atomic mass is 35.5. The molecule has 1 N–H and O–H groups in total. The average molecular weight is 314 g/mol. The predicted molar refractivity (Wildman–Crippen MR) is 58.1 cm³/mol. The van der Waals surface area contributed by atoms with Crippen molar-refractivity contribution >= 4 is 23.3 Å². The summed E-state index contributed by atoms with van der Waals surface area (Å²) in [7, 11) is 0. The van der Waals surface area contributed by atoms with Crippen molar-refractivity contribution in [2.45, 2.75) is 12.3 Å². The van der Waals surface area contributed by atoms with Gasteiger partial charge in [0.05, 0.1) is 0 Å². The van der Waals surface area contributed by atoms with Crippen LogP contribution in [0.1, 0.15) is 18.2 Å². The number of hydrogen-bond donors (Lipinski definition) is 1. The van der Waals surface area contributed by atoms with Crippen molar-refractivity contribution in [3.8, 4) is 0 Å². The van der Waals surface area contributed by atoms with E-state index in [1.165, 1.54) is 6.92 Å². The van der Waals surface area contributed by atoms with Gasteiger partial charge in [0.1, 0.15) is 11.1 Å². The van der Waals surface area contributed by atoms with Crippen molar-refractivity contribution in [1.29, 1.82) is 0 Å². The van der Waals surface area contributed by atoms with E-state index < -0.39 is 46.2 Å². The molecule has 2 aromatic rings. The lowest BCUT2D eigenvalue weighted by molar-refractivity contribution is 0.381. The summed E-state index contributed by atoms with van der Waals surface area (Å²) in [4.78, 5) is 0. The Morgan fingerprint density at radius 2 is 1.45 bits per heavy atom. The van der Waals surface area contributed by atoms with Crippen molar-refractivity contribution in [3.05, 3.63) is 35.0 Å². The van der Waals surface area contributed by atoms with Crippen molar-refractivity contribution in [2.24, 2.45) is 0 Å². The van der Waals surface area contributed by atoms with Gasteiger partial charge < -0.3 is 9.73 Å². The zero-order valence-electron chi connectivity index (χ0n) is 9.65. The van der Waals surface area contributed by atoms with Gasteiger partial charge in [0.15, 0.2) is 23.3 Å². The lowest BCUT2D eigenvalue weighted by atomic mass is 10.2. The van der Waals surface area contributed by atoms with E-state index in [0.717, 1.165) is 0 Å². The van der Waals surface area contributed by atoms with Crippen LogP contribution in [0.25, 0.3) is 0 Å². The molecule has 0 aliphatic heterocycles. The Labute approximate surface area is 113 Å². The summed E-state index contributed by atoms with van der Waals surface area (Å²) in [6, 6.07) is -0.560. The Kier molecular flexibility index (Phi) is 3.80. The normalized spacial score (nSPS) is 12.6. The van der Waals surface area contributed by atoms with Gasteiger partial charge in [-0.3, -0.25) is 0 Å². The van der Waals surface area contributed by atoms with Gasteiger partial charge in [-0.1, -0.05) is 5.10 Å². The molecule has 0 saturated heterocycles. The van der Waals surface area contributed by atoms with Crippen LogP contribution in [0.4, 0.5) is 33.7 Å². The largest absolute Gasteiger partial charge is 0.406 e. The third-order valence-electron chi connectivity index (χ3n) is 2.22. The molecule has 1 atom stereocenters. The summed E-state index contributed by atoms with van der Waals surface area (Å²) < 4.78 is 70.3. The topological polar surface area (TPSA) is 51.0 Å². The molecule has 1 heterocycles. The average Bonchev–Trinajstić information content (AvgIpc) is 2.88. The Morgan fingerprint density at radius 3 is 1.90 bits per heavy atom. The maximum atomic E-state index is 13.4. The minimum absolute atomic E-state index is 0.0851. The Bertz CT molecular complexity index is 632. The molecule has 1 aromatic heterocycles. The minimum atomic E-state index is -2.26. The fraction of sp³-hybridized carbons (Fsp3) is 0.200. The molecule has 1 unspecified atom stereocenters. The second-order valence-corrected chi connectivity index (χ2v) is 4.29. The van der Waals surface area contributed by atoms with Crippen LogP contribution in [-0.4, -0.2) is 10.2 Å². The van der Waals surface area contributed by atoms with Crippen LogP contribution in [0.3, 0.4) is 0 Å². The van der Waals surface area contributed by atoms with Crippen molar-refractivity contribution in [3.63, 3.8) is 0 Å². The second-order valence-electron chi connectivity index (χ2n) is 3.63. The van der Waals surface area contributed by atoms with Gasteiger partial charge in [0.2, 0.25) is 11.7 Å². The molecular weight excluding hydrogens is 309 g/mol. The number of rotatable bonds is 3. The summed E-state index contributed by atoms with van der Waals surface area (Å²) in [6.45, 7) is 1.48. The third kappa shape index (κ3) is 2.40. The molecule has 0 saturated carbocycles. The van der Waals surface area contributed by atoms with E-state index in [1.54, 1.807) is 0 Å². The monoisotopic (exact) mass is 313 g/mol. The first kappa shape index (κ1) is 14.5. The summed E-state index contributed by atoms with van der Waals surface area (Å²) in [5.41, 5.74) is -1.29. The highest BCUT2D eigenvalue weighted by molar-refractivity contribution is 6.20. The first-order chi connectivity index (χ1) is 9.32. The lowest BCUT2D eigenvalue weighted by Crippen LogP contribution is -2.06. The van der Waals surface area contributed by atoms with Crippen LogP contribution in [0.15, 0.2) is 4.42 Å². The Hall–Kier alpha value is -1.90. The Balaban J connectivity index is 2.43. The summed E-state index contributed by atoms with van der Waals surface area (Å²) in [6.07, 6.45) is 0. The number of alkyl halides is 1. The lowest BCUT2D eigenvalue weighted by Gasteiger charge is -2.07. The van der Waals surface area contributed by atoms with Gasteiger partial charge in [-0.15, -0.1) is 16.7 Å². The molecule has 0 bridgehead atoms. The molecule has 0 spiro atoms. The zero-order valence-corrected chi connectivity index (χ0v) is 10.4. The van der Waals surface area contributed by atoms with E-state index in [9.17, 15) is 22.0 Å². The smallest absolute Gasteiger partial charge is 0.320 e. The van der Waals surface area contributed by atoms with Gasteiger partial charge in [0, 0.05) is 0 Å². The number of halogens is 6. The molecule has 0 amide bonds. The van der Waals surface area contributed by atoms with Crippen LogP contribution in [0.5, 0.6) is 0 Å². The van der Waals surface area contributed by atoms with Crippen LogP contribution in [0, 0.1) is 29.1 Å². The molecule has 0 fully saturated rings. The number of nitrogens with zero attached hydrogens (tertiary/aromatic N) is 2. The molecule has 0 radical (unpaired) electrons. The minimum Gasteiger partial charge on any atom is -0.406 e. The first-order valence-corrected chi connectivity index (χ1v) is 5.52. The van der Waals surface area contributed by atoms with Gasteiger partial charge in [-0.05, 0) is 6.92 Å². The molecular formula is C10H5ClF5N3O. The Morgan fingerprint density at radius 1 is 0.950 bits per heavy atom. The summed E-state index contributed by atoms with van der Waals surface area (Å²) >= 11 is 5.61. The van der Waals surface area contributed by atoms with Crippen LogP contribution < -0.4 is 5.32 Å². The van der Waals surface area contributed by atoms with Gasteiger partial charge >= 0.3 is 6.01 Å². The van der Waals surface area contributed by atoms with Crippen LogP contribution in [-0.2, 0) is 0 Å². The second kappa shape index (κ2) is 5.23.